The van der Waals surface area contributed by atoms with Crippen molar-refractivity contribution in [1.82, 2.24) is 9.47 Å². The van der Waals surface area contributed by atoms with Gasteiger partial charge in [0.1, 0.15) is 5.76 Å². The van der Waals surface area contributed by atoms with Crippen molar-refractivity contribution in [2.75, 3.05) is 0 Å². The first kappa shape index (κ1) is 17.4. The van der Waals surface area contributed by atoms with E-state index in [0.29, 0.717) is 16.6 Å². The van der Waals surface area contributed by atoms with E-state index in [9.17, 15) is 4.79 Å². The average Bonchev–Trinajstić information content (AvgIpc) is 3.37. The smallest absolute Gasteiger partial charge is 0.267 e. The molecule has 0 aliphatic carbocycles. The van der Waals surface area contributed by atoms with Gasteiger partial charge >= 0.3 is 0 Å². The van der Waals surface area contributed by atoms with Crippen molar-refractivity contribution in [3.63, 3.8) is 0 Å². The Labute approximate surface area is 162 Å². The van der Waals surface area contributed by atoms with Crippen LogP contribution < -0.4 is 0 Å². The van der Waals surface area contributed by atoms with Gasteiger partial charge in [-0.1, -0.05) is 18.2 Å². The van der Waals surface area contributed by atoms with Gasteiger partial charge in [0.25, 0.3) is 5.91 Å². The molecule has 1 amide bonds. The largest absolute Gasteiger partial charge is 0.467 e. The Morgan fingerprint density at radius 3 is 2.59 bits per heavy atom. The number of amidine groups is 1. The number of thioether (sulfide) groups is 1. The molecule has 5 nitrogen and oxygen atoms in total. The molecule has 1 aliphatic heterocycles. The number of hydrogen-bond acceptors (Lipinski definition) is 4. The fourth-order valence-electron chi connectivity index (χ4n) is 2.81. The van der Waals surface area contributed by atoms with Gasteiger partial charge in [-0.05, 0) is 61.2 Å². The fraction of sp³-hybridized carbons (Fsp3) is 0.143. The van der Waals surface area contributed by atoms with Crippen LogP contribution in [-0.2, 0) is 18.4 Å². The minimum absolute atomic E-state index is 0.0649. The predicted molar refractivity (Wildman–Crippen MR) is 109 cm³/mol. The van der Waals surface area contributed by atoms with E-state index in [0.717, 1.165) is 22.8 Å². The second kappa shape index (κ2) is 7.32. The van der Waals surface area contributed by atoms with Crippen LogP contribution >= 0.6 is 11.8 Å². The van der Waals surface area contributed by atoms with E-state index in [1.165, 1.54) is 11.8 Å². The highest BCUT2D eigenvalue weighted by atomic mass is 32.2. The molecular formula is C21H19N3O2S. The topological polar surface area (TPSA) is 50.7 Å². The van der Waals surface area contributed by atoms with Gasteiger partial charge in [0.2, 0.25) is 0 Å². The SMILES string of the molecule is Cc1ccc(/C=C2\SC(=Nc3ccccc3)N(Cc3ccco3)C2=O)n1C. The molecule has 3 aromatic rings. The highest BCUT2D eigenvalue weighted by molar-refractivity contribution is 8.18. The highest BCUT2D eigenvalue weighted by Gasteiger charge is 2.34. The van der Waals surface area contributed by atoms with E-state index in [1.54, 1.807) is 11.2 Å². The Hall–Kier alpha value is -2.99. The van der Waals surface area contributed by atoms with Crippen molar-refractivity contribution in [3.05, 3.63) is 82.9 Å². The predicted octanol–water partition coefficient (Wildman–Crippen LogP) is 4.73. The summed E-state index contributed by atoms with van der Waals surface area (Å²) in [5, 5.41) is 0.653. The van der Waals surface area contributed by atoms with E-state index >= 15 is 0 Å². The summed E-state index contributed by atoms with van der Waals surface area (Å²) >= 11 is 1.39. The summed E-state index contributed by atoms with van der Waals surface area (Å²) in [6.07, 6.45) is 3.53. The summed E-state index contributed by atoms with van der Waals surface area (Å²) in [6, 6.07) is 17.4. The van der Waals surface area contributed by atoms with Gasteiger partial charge in [0, 0.05) is 18.4 Å². The summed E-state index contributed by atoms with van der Waals surface area (Å²) in [4.78, 5) is 20.1. The van der Waals surface area contributed by atoms with Crippen LogP contribution in [0.2, 0.25) is 0 Å². The molecule has 1 aromatic carbocycles. The first-order chi connectivity index (χ1) is 13.1. The number of amides is 1. The van der Waals surface area contributed by atoms with Gasteiger partial charge in [-0.15, -0.1) is 0 Å². The van der Waals surface area contributed by atoms with Crippen LogP contribution in [0.15, 0.2) is 75.2 Å². The van der Waals surface area contributed by atoms with Crippen molar-refractivity contribution in [2.45, 2.75) is 13.5 Å². The summed E-state index contributed by atoms with van der Waals surface area (Å²) in [5.41, 5.74) is 2.94. The normalized spacial score (nSPS) is 17.4. The third kappa shape index (κ3) is 3.61. The van der Waals surface area contributed by atoms with E-state index in [2.05, 4.69) is 9.56 Å². The fourth-order valence-corrected chi connectivity index (χ4v) is 3.80. The van der Waals surface area contributed by atoms with Crippen molar-refractivity contribution in [3.8, 4) is 0 Å². The molecule has 27 heavy (non-hydrogen) atoms. The van der Waals surface area contributed by atoms with Gasteiger partial charge in [-0.25, -0.2) is 4.99 Å². The molecule has 0 spiro atoms. The number of aromatic nitrogens is 1. The third-order valence-electron chi connectivity index (χ3n) is 4.45. The second-order valence-corrected chi connectivity index (χ2v) is 7.28. The number of benzene rings is 1. The molecule has 1 fully saturated rings. The van der Waals surface area contributed by atoms with Crippen LogP contribution in [0.3, 0.4) is 0 Å². The Morgan fingerprint density at radius 1 is 1.11 bits per heavy atom. The van der Waals surface area contributed by atoms with Crippen LogP contribution in [0, 0.1) is 6.92 Å². The second-order valence-electron chi connectivity index (χ2n) is 6.27. The minimum atomic E-state index is -0.0649. The first-order valence-corrected chi connectivity index (χ1v) is 9.43. The summed E-state index contributed by atoms with van der Waals surface area (Å²) in [5.74, 6) is 0.658. The number of nitrogens with zero attached hydrogens (tertiary/aromatic N) is 3. The molecule has 4 rings (SSSR count). The van der Waals surface area contributed by atoms with E-state index in [1.807, 2.05) is 74.6 Å². The lowest BCUT2D eigenvalue weighted by Gasteiger charge is -2.13. The van der Waals surface area contributed by atoms with Gasteiger partial charge < -0.3 is 8.98 Å². The molecule has 0 bridgehead atoms. The lowest BCUT2D eigenvalue weighted by atomic mass is 10.3. The molecule has 0 saturated carbocycles. The van der Waals surface area contributed by atoms with Gasteiger partial charge in [0.15, 0.2) is 5.17 Å². The molecule has 2 aromatic heterocycles. The van der Waals surface area contributed by atoms with Crippen molar-refractivity contribution < 1.29 is 9.21 Å². The maximum Gasteiger partial charge on any atom is 0.267 e. The van der Waals surface area contributed by atoms with E-state index in [-0.39, 0.29) is 5.91 Å². The molecule has 0 unspecified atom stereocenters. The first-order valence-electron chi connectivity index (χ1n) is 8.61. The Morgan fingerprint density at radius 2 is 1.93 bits per heavy atom. The van der Waals surface area contributed by atoms with Gasteiger partial charge in [-0.3, -0.25) is 9.69 Å². The number of rotatable bonds is 4. The summed E-state index contributed by atoms with van der Waals surface area (Å²) in [7, 11) is 1.99. The Bertz CT molecular complexity index is 1020. The lowest BCUT2D eigenvalue weighted by Crippen LogP contribution is -2.28. The molecule has 3 heterocycles. The maximum atomic E-state index is 13.1. The molecule has 0 atom stereocenters. The molecule has 6 heteroatoms. The highest BCUT2D eigenvalue weighted by Crippen LogP contribution is 2.35. The van der Waals surface area contributed by atoms with Crippen LogP contribution in [0.5, 0.6) is 0 Å². The van der Waals surface area contributed by atoms with Crippen molar-refractivity contribution in [2.24, 2.45) is 12.0 Å². The van der Waals surface area contributed by atoms with Crippen molar-refractivity contribution >= 4 is 34.6 Å². The Balaban J connectivity index is 1.71. The zero-order chi connectivity index (χ0) is 18.8. The standard InChI is InChI=1S/C21H19N3O2S/c1-15-10-11-17(23(15)2)13-19-20(25)24(14-18-9-6-12-26-18)21(27-19)22-16-7-4-3-5-8-16/h3-13H,14H2,1-2H3/b19-13-,22-21?. The molecule has 0 N–H and O–H groups in total. The maximum absolute atomic E-state index is 13.1. The molecule has 1 saturated heterocycles. The number of aryl methyl sites for hydroxylation is 1. The number of furan rings is 1. The average molecular weight is 377 g/mol. The molecule has 1 aliphatic rings. The van der Waals surface area contributed by atoms with Gasteiger partial charge in [0.05, 0.1) is 23.4 Å². The number of carbonyl (C=O) groups excluding carboxylic acids is 1. The van der Waals surface area contributed by atoms with Gasteiger partial charge in [-0.2, -0.15) is 0 Å². The number of carbonyl (C=O) groups is 1. The van der Waals surface area contributed by atoms with Crippen molar-refractivity contribution in [1.29, 1.82) is 0 Å². The number of para-hydroxylation sites is 1. The van der Waals surface area contributed by atoms with E-state index < -0.39 is 0 Å². The number of aliphatic imine (C=N–C) groups is 1. The van der Waals surface area contributed by atoms with Crippen LogP contribution in [0.4, 0.5) is 5.69 Å². The minimum Gasteiger partial charge on any atom is -0.467 e. The molecule has 0 radical (unpaired) electrons. The molecular weight excluding hydrogens is 358 g/mol. The summed E-state index contributed by atoms with van der Waals surface area (Å²) < 4.78 is 7.50. The van der Waals surface area contributed by atoms with Crippen LogP contribution in [0.1, 0.15) is 17.1 Å². The molecule has 136 valence electrons. The lowest BCUT2D eigenvalue weighted by molar-refractivity contribution is -0.122. The van der Waals surface area contributed by atoms with Crippen LogP contribution in [0.25, 0.3) is 6.08 Å². The zero-order valence-corrected chi connectivity index (χ0v) is 15.9. The van der Waals surface area contributed by atoms with Crippen LogP contribution in [-0.4, -0.2) is 20.5 Å². The van der Waals surface area contributed by atoms with E-state index in [4.69, 9.17) is 4.42 Å². The Kier molecular flexibility index (Phi) is 4.73. The quantitative estimate of drug-likeness (QED) is 0.618. The number of hydrogen-bond donors (Lipinski definition) is 0. The zero-order valence-electron chi connectivity index (χ0n) is 15.1. The third-order valence-corrected chi connectivity index (χ3v) is 5.46. The summed E-state index contributed by atoms with van der Waals surface area (Å²) in [6.45, 7) is 2.39. The monoisotopic (exact) mass is 377 g/mol.